The van der Waals surface area contributed by atoms with Crippen molar-refractivity contribution in [3.8, 4) is 0 Å². The maximum absolute atomic E-state index is 10.9. The number of nitrogens with zero attached hydrogens (tertiary/aromatic N) is 1. The van der Waals surface area contributed by atoms with Crippen LogP contribution in [-0.2, 0) is 6.54 Å². The second kappa shape index (κ2) is 5.38. The zero-order chi connectivity index (χ0) is 13.1. The van der Waals surface area contributed by atoms with Crippen LogP contribution in [0.25, 0.3) is 0 Å². The van der Waals surface area contributed by atoms with Crippen LogP contribution in [0.15, 0.2) is 42.7 Å². The average Bonchev–Trinajstić information content (AvgIpc) is 2.34. The van der Waals surface area contributed by atoms with E-state index in [0.717, 1.165) is 5.56 Å². The van der Waals surface area contributed by atoms with Crippen LogP contribution in [-0.4, -0.2) is 11.1 Å². The number of carboxylic acids is 1. The number of halogens is 2. The molecule has 1 aromatic carbocycles. The normalized spacial score (nSPS) is 10.3. The van der Waals surface area contributed by atoms with E-state index < -0.39 is 5.97 Å². The number of pyridine rings is 1. The van der Waals surface area contributed by atoms with E-state index in [1.165, 1.54) is 0 Å². The van der Waals surface area contributed by atoms with Gasteiger partial charge in [-0.1, -0.05) is 23.2 Å². The zero-order valence-electron chi connectivity index (χ0n) is 9.31. The highest BCUT2D eigenvalue weighted by molar-refractivity contribution is 6.33. The SMILES string of the molecule is O=C(O)c1ccc[n+](Cc2cc(Cl)ccc2Cl)c1. The van der Waals surface area contributed by atoms with Crippen molar-refractivity contribution >= 4 is 29.2 Å². The number of carbonyl (C=O) groups is 1. The van der Waals surface area contributed by atoms with E-state index in [1.54, 1.807) is 47.3 Å². The lowest BCUT2D eigenvalue weighted by atomic mass is 10.2. The van der Waals surface area contributed by atoms with Crippen LogP contribution in [0.2, 0.25) is 10.0 Å². The molecule has 3 nitrogen and oxygen atoms in total. The van der Waals surface area contributed by atoms with Gasteiger partial charge in [0.15, 0.2) is 18.9 Å². The predicted molar refractivity (Wildman–Crippen MR) is 69.2 cm³/mol. The van der Waals surface area contributed by atoms with Gasteiger partial charge in [0, 0.05) is 16.7 Å². The lowest BCUT2D eigenvalue weighted by Crippen LogP contribution is -2.34. The first-order valence-electron chi connectivity index (χ1n) is 5.22. The van der Waals surface area contributed by atoms with Crippen molar-refractivity contribution in [1.29, 1.82) is 0 Å². The fourth-order valence-electron chi connectivity index (χ4n) is 1.61. The predicted octanol–water partition coefficient (Wildman–Crippen LogP) is 3.03. The Kier molecular flexibility index (Phi) is 3.84. The Bertz CT molecular complexity index is 599. The summed E-state index contributed by atoms with van der Waals surface area (Å²) in [6.07, 6.45) is 3.34. The third-order valence-electron chi connectivity index (χ3n) is 2.47. The van der Waals surface area contributed by atoms with Gasteiger partial charge in [-0.05, 0) is 24.3 Å². The molecule has 0 spiro atoms. The molecule has 0 unspecified atom stereocenters. The van der Waals surface area contributed by atoms with Gasteiger partial charge < -0.3 is 5.11 Å². The summed E-state index contributed by atoms with van der Waals surface area (Å²) in [6.45, 7) is 0.473. The van der Waals surface area contributed by atoms with Gasteiger partial charge in [0.25, 0.3) is 0 Å². The van der Waals surface area contributed by atoms with Crippen LogP contribution >= 0.6 is 23.2 Å². The van der Waals surface area contributed by atoms with Crippen LogP contribution < -0.4 is 4.57 Å². The summed E-state index contributed by atoms with van der Waals surface area (Å²) in [5.74, 6) is -0.957. The van der Waals surface area contributed by atoms with E-state index >= 15 is 0 Å². The van der Waals surface area contributed by atoms with Crippen LogP contribution in [0.3, 0.4) is 0 Å². The fraction of sp³-hybridized carbons (Fsp3) is 0.0769. The molecule has 0 aliphatic rings. The first-order valence-corrected chi connectivity index (χ1v) is 5.98. The summed E-state index contributed by atoms with van der Waals surface area (Å²) in [6, 6.07) is 8.43. The second-order valence-electron chi connectivity index (χ2n) is 3.81. The Morgan fingerprint density at radius 2 is 2.06 bits per heavy atom. The largest absolute Gasteiger partial charge is 0.477 e. The smallest absolute Gasteiger partial charge is 0.341 e. The molecule has 2 rings (SSSR count). The Hall–Kier alpha value is -1.58. The topological polar surface area (TPSA) is 41.2 Å². The zero-order valence-corrected chi connectivity index (χ0v) is 10.8. The van der Waals surface area contributed by atoms with Crippen LogP contribution in [0, 0.1) is 0 Å². The maximum atomic E-state index is 10.9. The lowest BCUT2D eigenvalue weighted by Gasteiger charge is -2.02. The van der Waals surface area contributed by atoms with Crippen LogP contribution in [0.5, 0.6) is 0 Å². The minimum atomic E-state index is -0.957. The van der Waals surface area contributed by atoms with Crippen molar-refractivity contribution in [3.05, 3.63) is 63.9 Å². The summed E-state index contributed by atoms with van der Waals surface area (Å²) in [4.78, 5) is 10.9. The molecule has 2 aromatic rings. The summed E-state index contributed by atoms with van der Waals surface area (Å²) in [5, 5.41) is 10.1. The van der Waals surface area contributed by atoms with Crippen LogP contribution in [0.4, 0.5) is 0 Å². The Morgan fingerprint density at radius 1 is 1.28 bits per heavy atom. The van der Waals surface area contributed by atoms with E-state index in [4.69, 9.17) is 28.3 Å². The van der Waals surface area contributed by atoms with Gasteiger partial charge in [0.2, 0.25) is 0 Å². The van der Waals surface area contributed by atoms with E-state index in [9.17, 15) is 4.79 Å². The van der Waals surface area contributed by atoms with Crippen molar-refractivity contribution < 1.29 is 14.5 Å². The fourth-order valence-corrected chi connectivity index (χ4v) is 1.98. The van der Waals surface area contributed by atoms with Crippen molar-refractivity contribution in [3.63, 3.8) is 0 Å². The first-order chi connectivity index (χ1) is 8.56. The van der Waals surface area contributed by atoms with Gasteiger partial charge >= 0.3 is 5.97 Å². The number of aromatic nitrogens is 1. The molecule has 5 heteroatoms. The van der Waals surface area contributed by atoms with Crippen molar-refractivity contribution in [1.82, 2.24) is 0 Å². The number of carboxylic acid groups (broad SMARTS) is 1. The quantitative estimate of drug-likeness (QED) is 0.880. The van der Waals surface area contributed by atoms with Gasteiger partial charge in [0.1, 0.15) is 5.56 Å². The van der Waals surface area contributed by atoms with E-state index in [1.807, 2.05) is 0 Å². The summed E-state index contributed by atoms with van der Waals surface area (Å²) >= 11 is 12.0. The average molecular weight is 283 g/mol. The van der Waals surface area contributed by atoms with Gasteiger partial charge in [-0.3, -0.25) is 0 Å². The minimum Gasteiger partial charge on any atom is -0.477 e. The molecule has 92 valence electrons. The van der Waals surface area contributed by atoms with Gasteiger partial charge in [-0.2, -0.15) is 4.57 Å². The van der Waals surface area contributed by atoms with Crippen molar-refractivity contribution in [2.75, 3.05) is 0 Å². The number of hydrogen-bond donors (Lipinski definition) is 1. The van der Waals surface area contributed by atoms with E-state index in [-0.39, 0.29) is 5.56 Å². The molecule has 0 amide bonds. The van der Waals surface area contributed by atoms with E-state index in [2.05, 4.69) is 0 Å². The molecule has 0 bridgehead atoms. The molecule has 0 saturated carbocycles. The molecule has 0 radical (unpaired) electrons. The number of aromatic carboxylic acids is 1. The molecule has 0 aliphatic heterocycles. The Balaban J connectivity index is 2.31. The molecule has 1 aromatic heterocycles. The molecule has 0 saturated heterocycles. The highest BCUT2D eigenvalue weighted by atomic mass is 35.5. The monoisotopic (exact) mass is 282 g/mol. The van der Waals surface area contributed by atoms with Gasteiger partial charge in [0.05, 0.1) is 5.02 Å². The third kappa shape index (κ3) is 3.00. The standard InChI is InChI=1S/C13H9Cl2NO2/c14-11-3-4-12(15)10(6-11)8-16-5-1-2-9(7-16)13(17)18/h1-7H,8H2/p+1. The third-order valence-corrected chi connectivity index (χ3v) is 3.07. The molecular weight excluding hydrogens is 273 g/mol. The molecular formula is C13H10Cl2NO2+. The molecule has 18 heavy (non-hydrogen) atoms. The van der Waals surface area contributed by atoms with Gasteiger partial charge in [-0.25, -0.2) is 4.79 Å². The second-order valence-corrected chi connectivity index (χ2v) is 4.65. The molecule has 0 aliphatic carbocycles. The lowest BCUT2D eigenvalue weighted by molar-refractivity contribution is -0.688. The first kappa shape index (κ1) is 12.9. The summed E-state index contributed by atoms with van der Waals surface area (Å²) < 4.78 is 1.75. The molecule has 0 fully saturated rings. The highest BCUT2D eigenvalue weighted by Gasteiger charge is 2.11. The number of rotatable bonds is 3. The Labute approximate surface area is 114 Å². The van der Waals surface area contributed by atoms with Gasteiger partial charge in [-0.15, -0.1) is 0 Å². The number of hydrogen-bond acceptors (Lipinski definition) is 1. The number of benzene rings is 1. The summed E-state index contributed by atoms with van der Waals surface area (Å²) in [7, 11) is 0. The molecule has 1 N–H and O–H groups in total. The highest BCUT2D eigenvalue weighted by Crippen LogP contribution is 2.20. The minimum absolute atomic E-state index is 0.232. The van der Waals surface area contributed by atoms with Crippen LogP contribution in [0.1, 0.15) is 15.9 Å². The Morgan fingerprint density at radius 3 is 2.78 bits per heavy atom. The molecule has 1 heterocycles. The summed E-state index contributed by atoms with van der Waals surface area (Å²) in [5.41, 5.74) is 1.08. The maximum Gasteiger partial charge on any atom is 0.341 e. The van der Waals surface area contributed by atoms with Crippen molar-refractivity contribution in [2.45, 2.75) is 6.54 Å². The van der Waals surface area contributed by atoms with E-state index in [0.29, 0.717) is 16.6 Å². The van der Waals surface area contributed by atoms with Crippen molar-refractivity contribution in [2.24, 2.45) is 0 Å². The molecule has 0 atom stereocenters.